The third-order valence-corrected chi connectivity index (χ3v) is 2.22. The minimum Gasteiger partial charge on any atom is -0.502 e. The Balaban J connectivity index is 3.10. The number of aliphatic hydroxyl groups excluding tert-OH is 1. The van der Waals surface area contributed by atoms with E-state index in [-0.39, 0.29) is 18.7 Å². The van der Waals surface area contributed by atoms with Gasteiger partial charge in [0.15, 0.2) is 0 Å². The van der Waals surface area contributed by atoms with Crippen LogP contribution in [-0.2, 0) is 0 Å². The number of amides is 1. The third kappa shape index (κ3) is 2.70. The van der Waals surface area contributed by atoms with E-state index in [2.05, 4.69) is 0 Å². The largest absolute Gasteiger partial charge is 0.502 e. The third-order valence-electron chi connectivity index (χ3n) is 2.22. The highest BCUT2D eigenvalue weighted by Gasteiger charge is 2.22. The Labute approximate surface area is 97.1 Å². The van der Waals surface area contributed by atoms with Crippen molar-refractivity contribution in [3.8, 4) is 5.75 Å². The Hall–Kier alpha value is -2.15. The van der Waals surface area contributed by atoms with Crippen LogP contribution < -0.4 is 0 Å². The number of carbonyl (C=O) groups is 1. The predicted molar refractivity (Wildman–Crippen MR) is 58.8 cm³/mol. The lowest BCUT2D eigenvalue weighted by atomic mass is 10.1. The highest BCUT2D eigenvalue weighted by molar-refractivity contribution is 5.97. The molecule has 1 rings (SSSR count). The number of nitro benzene ring substituents is 1. The first kappa shape index (κ1) is 12.9. The number of hydrogen-bond acceptors (Lipinski definition) is 5. The maximum atomic E-state index is 11.8. The van der Waals surface area contributed by atoms with Crippen LogP contribution in [0.15, 0.2) is 18.2 Å². The summed E-state index contributed by atoms with van der Waals surface area (Å²) in [6.07, 6.45) is 0. The number of para-hydroxylation sites is 1. The molecule has 92 valence electrons. The van der Waals surface area contributed by atoms with E-state index < -0.39 is 22.3 Å². The SMILES string of the molecule is CN(CCO)C(=O)c1cccc([N+](=O)[O-])c1O. The van der Waals surface area contributed by atoms with Crippen LogP contribution in [-0.4, -0.2) is 46.1 Å². The van der Waals surface area contributed by atoms with Crippen LogP contribution in [0.1, 0.15) is 10.4 Å². The van der Waals surface area contributed by atoms with Gasteiger partial charge in [0.1, 0.15) is 0 Å². The number of hydrogen-bond donors (Lipinski definition) is 2. The normalized spacial score (nSPS) is 10.0. The zero-order valence-corrected chi connectivity index (χ0v) is 9.16. The van der Waals surface area contributed by atoms with Gasteiger partial charge in [-0.25, -0.2) is 0 Å². The molecule has 0 bridgehead atoms. The smallest absolute Gasteiger partial charge is 0.311 e. The summed E-state index contributed by atoms with van der Waals surface area (Å²) in [4.78, 5) is 22.7. The topological polar surface area (TPSA) is 104 Å². The molecule has 0 aliphatic rings. The molecule has 0 saturated carbocycles. The van der Waals surface area contributed by atoms with Gasteiger partial charge in [-0.1, -0.05) is 6.07 Å². The van der Waals surface area contributed by atoms with Gasteiger partial charge in [0.25, 0.3) is 5.91 Å². The maximum absolute atomic E-state index is 11.8. The van der Waals surface area contributed by atoms with E-state index in [1.54, 1.807) is 0 Å². The van der Waals surface area contributed by atoms with Crippen molar-refractivity contribution in [1.29, 1.82) is 0 Å². The monoisotopic (exact) mass is 240 g/mol. The summed E-state index contributed by atoms with van der Waals surface area (Å²) in [7, 11) is 1.43. The van der Waals surface area contributed by atoms with E-state index in [4.69, 9.17) is 5.11 Å². The Bertz CT molecular complexity index is 446. The standard InChI is InChI=1S/C10H12N2O5/c1-11(5-6-13)10(15)7-3-2-4-8(9(7)14)12(16)17/h2-4,13-14H,5-6H2,1H3. The van der Waals surface area contributed by atoms with Crippen molar-refractivity contribution in [3.05, 3.63) is 33.9 Å². The van der Waals surface area contributed by atoms with E-state index in [9.17, 15) is 20.0 Å². The van der Waals surface area contributed by atoms with Crippen LogP contribution in [0.25, 0.3) is 0 Å². The average molecular weight is 240 g/mol. The number of aromatic hydroxyl groups is 1. The van der Waals surface area contributed by atoms with Crippen molar-refractivity contribution in [3.63, 3.8) is 0 Å². The van der Waals surface area contributed by atoms with Gasteiger partial charge in [-0.05, 0) is 6.07 Å². The molecule has 0 fully saturated rings. The molecular weight excluding hydrogens is 228 g/mol. The fourth-order valence-electron chi connectivity index (χ4n) is 1.31. The van der Waals surface area contributed by atoms with Gasteiger partial charge in [-0.3, -0.25) is 14.9 Å². The van der Waals surface area contributed by atoms with Crippen molar-refractivity contribution < 1.29 is 19.9 Å². The number of phenols is 1. The van der Waals surface area contributed by atoms with Gasteiger partial charge in [-0.2, -0.15) is 0 Å². The van der Waals surface area contributed by atoms with Gasteiger partial charge in [0, 0.05) is 19.7 Å². The first-order chi connectivity index (χ1) is 7.99. The summed E-state index contributed by atoms with van der Waals surface area (Å²) in [5, 5.41) is 28.8. The Kier molecular flexibility index (Phi) is 4.00. The number of likely N-dealkylation sites (N-methyl/N-ethyl adjacent to an activating group) is 1. The lowest BCUT2D eigenvalue weighted by Crippen LogP contribution is -2.29. The van der Waals surface area contributed by atoms with E-state index in [1.165, 1.54) is 24.1 Å². The molecule has 0 unspecified atom stereocenters. The molecule has 0 aliphatic carbocycles. The fourth-order valence-corrected chi connectivity index (χ4v) is 1.31. The van der Waals surface area contributed by atoms with Gasteiger partial charge >= 0.3 is 5.69 Å². The van der Waals surface area contributed by atoms with E-state index in [0.29, 0.717) is 0 Å². The number of nitro groups is 1. The molecule has 1 aromatic rings. The minimum atomic E-state index is -0.766. The van der Waals surface area contributed by atoms with Crippen LogP contribution in [0, 0.1) is 10.1 Å². The lowest BCUT2D eigenvalue weighted by molar-refractivity contribution is -0.385. The van der Waals surface area contributed by atoms with Crippen LogP contribution in [0.2, 0.25) is 0 Å². The van der Waals surface area contributed by atoms with Crippen LogP contribution in [0.5, 0.6) is 5.75 Å². The molecule has 0 radical (unpaired) electrons. The summed E-state index contributed by atoms with van der Waals surface area (Å²) < 4.78 is 0. The summed E-state index contributed by atoms with van der Waals surface area (Å²) in [6.45, 7) is -0.140. The number of aliphatic hydroxyl groups is 1. The summed E-state index contributed by atoms with van der Waals surface area (Å²) in [5.41, 5.74) is -0.677. The molecule has 7 heteroatoms. The van der Waals surface area contributed by atoms with Gasteiger partial charge in [0.05, 0.1) is 17.1 Å². The minimum absolute atomic E-state index is 0.0843. The highest BCUT2D eigenvalue weighted by Crippen LogP contribution is 2.29. The zero-order chi connectivity index (χ0) is 13.0. The molecule has 1 aromatic carbocycles. The van der Waals surface area contributed by atoms with Crippen molar-refractivity contribution in [2.24, 2.45) is 0 Å². The van der Waals surface area contributed by atoms with Gasteiger partial charge in [-0.15, -0.1) is 0 Å². The molecule has 0 aromatic heterocycles. The molecule has 0 spiro atoms. The highest BCUT2D eigenvalue weighted by atomic mass is 16.6. The summed E-state index contributed by atoms with van der Waals surface area (Å²) >= 11 is 0. The van der Waals surface area contributed by atoms with Crippen LogP contribution in [0.3, 0.4) is 0 Å². The van der Waals surface area contributed by atoms with Gasteiger partial charge in [0.2, 0.25) is 5.75 Å². The zero-order valence-electron chi connectivity index (χ0n) is 9.16. The number of nitrogens with zero attached hydrogens (tertiary/aromatic N) is 2. The van der Waals surface area contributed by atoms with E-state index in [1.807, 2.05) is 0 Å². The van der Waals surface area contributed by atoms with Crippen LogP contribution in [0.4, 0.5) is 5.69 Å². The summed E-state index contributed by atoms with van der Waals surface area (Å²) in [5.74, 6) is -1.24. The first-order valence-corrected chi connectivity index (χ1v) is 4.81. The van der Waals surface area contributed by atoms with Crippen molar-refractivity contribution in [2.75, 3.05) is 20.2 Å². The fraction of sp³-hybridized carbons (Fsp3) is 0.300. The Morgan fingerprint density at radius 3 is 2.71 bits per heavy atom. The second-order valence-corrected chi connectivity index (χ2v) is 3.38. The number of rotatable bonds is 4. The Morgan fingerprint density at radius 2 is 2.18 bits per heavy atom. The van der Waals surface area contributed by atoms with Gasteiger partial charge < -0.3 is 15.1 Å². The molecule has 1 amide bonds. The molecule has 7 nitrogen and oxygen atoms in total. The average Bonchev–Trinajstić information content (AvgIpc) is 2.28. The van der Waals surface area contributed by atoms with Crippen molar-refractivity contribution in [1.82, 2.24) is 4.90 Å². The molecule has 17 heavy (non-hydrogen) atoms. The molecule has 0 heterocycles. The molecule has 0 aliphatic heterocycles. The molecule has 2 N–H and O–H groups in total. The summed E-state index contributed by atoms with van der Waals surface area (Å²) in [6, 6.07) is 3.72. The van der Waals surface area contributed by atoms with E-state index in [0.717, 1.165) is 6.07 Å². The molecule has 0 atom stereocenters. The lowest BCUT2D eigenvalue weighted by Gasteiger charge is -2.16. The number of benzene rings is 1. The number of carbonyl (C=O) groups excluding carboxylic acids is 1. The van der Waals surface area contributed by atoms with E-state index >= 15 is 0 Å². The first-order valence-electron chi connectivity index (χ1n) is 4.81. The maximum Gasteiger partial charge on any atom is 0.311 e. The van der Waals surface area contributed by atoms with Crippen molar-refractivity contribution >= 4 is 11.6 Å². The number of phenolic OH excluding ortho intramolecular Hbond substituents is 1. The molecule has 0 saturated heterocycles. The van der Waals surface area contributed by atoms with Crippen molar-refractivity contribution in [2.45, 2.75) is 0 Å². The predicted octanol–water partition coefficient (Wildman–Crippen LogP) is 0.365. The Morgan fingerprint density at radius 1 is 1.53 bits per heavy atom. The molecular formula is C10H12N2O5. The second kappa shape index (κ2) is 5.26. The second-order valence-electron chi connectivity index (χ2n) is 3.38. The quantitative estimate of drug-likeness (QED) is 0.584. The van der Waals surface area contributed by atoms with Crippen LogP contribution >= 0.6 is 0 Å².